The van der Waals surface area contributed by atoms with Gasteiger partial charge in [0, 0.05) is 18.8 Å². The molecule has 1 aromatic carbocycles. The van der Waals surface area contributed by atoms with E-state index in [1.807, 2.05) is 4.90 Å². The number of rotatable bonds is 5. The Kier molecular flexibility index (Phi) is 6.01. The number of nitrogens with two attached hydrogens (primary N) is 1. The van der Waals surface area contributed by atoms with Gasteiger partial charge in [0.2, 0.25) is 21.8 Å². The zero-order valence-electron chi connectivity index (χ0n) is 15.3. The van der Waals surface area contributed by atoms with Crippen LogP contribution in [0.3, 0.4) is 0 Å². The van der Waals surface area contributed by atoms with Crippen molar-refractivity contribution in [2.45, 2.75) is 25.7 Å². The van der Waals surface area contributed by atoms with Crippen molar-refractivity contribution in [3.63, 3.8) is 0 Å². The largest absolute Gasteiger partial charge is 0.369 e. The first-order valence-electron chi connectivity index (χ1n) is 9.27. The Hall–Kier alpha value is -2.13. The summed E-state index contributed by atoms with van der Waals surface area (Å²) in [6.07, 6.45) is 3.09. The summed E-state index contributed by atoms with van der Waals surface area (Å²) >= 11 is 0. The third-order valence-electron chi connectivity index (χ3n) is 5.01. The van der Waals surface area contributed by atoms with Gasteiger partial charge in [0.15, 0.2) is 0 Å². The number of amides is 2. The van der Waals surface area contributed by atoms with E-state index in [2.05, 4.69) is 5.32 Å². The van der Waals surface area contributed by atoms with Crippen LogP contribution in [0.5, 0.6) is 0 Å². The van der Waals surface area contributed by atoms with Crippen molar-refractivity contribution >= 4 is 33.2 Å². The van der Waals surface area contributed by atoms with E-state index in [4.69, 9.17) is 5.73 Å². The molecule has 0 spiro atoms. The Balaban J connectivity index is 1.67. The second-order valence-electron chi connectivity index (χ2n) is 7.18. The second-order valence-corrected chi connectivity index (χ2v) is 9.19. The topological polar surface area (TPSA) is 113 Å². The van der Waals surface area contributed by atoms with Crippen LogP contribution in [0.15, 0.2) is 24.3 Å². The predicted octanol–water partition coefficient (Wildman–Crippen LogP) is 0.752. The molecule has 148 valence electrons. The zero-order valence-corrected chi connectivity index (χ0v) is 16.1. The predicted molar refractivity (Wildman–Crippen MR) is 104 cm³/mol. The summed E-state index contributed by atoms with van der Waals surface area (Å²) in [5, 5.41) is 2.89. The summed E-state index contributed by atoms with van der Waals surface area (Å²) in [7, 11) is -3.29. The van der Waals surface area contributed by atoms with Crippen LogP contribution in [-0.4, -0.2) is 57.1 Å². The number of sulfonamides is 1. The molecular weight excluding hydrogens is 368 g/mol. The van der Waals surface area contributed by atoms with Gasteiger partial charge in [-0.1, -0.05) is 6.07 Å². The average Bonchev–Trinajstić information content (AvgIpc) is 2.61. The molecule has 1 atom stereocenters. The van der Waals surface area contributed by atoms with E-state index in [-0.39, 0.29) is 24.1 Å². The van der Waals surface area contributed by atoms with Crippen LogP contribution < -0.4 is 15.4 Å². The molecule has 8 nitrogen and oxygen atoms in total. The smallest absolute Gasteiger partial charge is 0.235 e. The monoisotopic (exact) mass is 394 g/mol. The molecule has 0 aromatic heterocycles. The first-order chi connectivity index (χ1) is 12.8. The molecule has 0 aliphatic carbocycles. The third-order valence-corrected chi connectivity index (χ3v) is 6.88. The minimum Gasteiger partial charge on any atom is -0.369 e. The van der Waals surface area contributed by atoms with Gasteiger partial charge < -0.3 is 11.1 Å². The van der Waals surface area contributed by atoms with Gasteiger partial charge in [-0.2, -0.15) is 0 Å². The lowest BCUT2D eigenvalue weighted by atomic mass is 9.97. The van der Waals surface area contributed by atoms with E-state index in [0.29, 0.717) is 30.9 Å². The Morgan fingerprint density at radius 1 is 1.19 bits per heavy atom. The number of piperidine rings is 1. The molecule has 3 rings (SSSR count). The summed E-state index contributed by atoms with van der Waals surface area (Å²) in [5.74, 6) is -0.587. The third kappa shape index (κ3) is 4.98. The molecule has 3 N–H and O–H groups in total. The van der Waals surface area contributed by atoms with Gasteiger partial charge in [-0.3, -0.25) is 18.8 Å². The Morgan fingerprint density at radius 3 is 2.74 bits per heavy atom. The normalized spacial score (nSPS) is 23.0. The van der Waals surface area contributed by atoms with Crippen LogP contribution in [0, 0.1) is 5.92 Å². The molecule has 1 aromatic rings. The summed E-state index contributed by atoms with van der Waals surface area (Å²) in [4.78, 5) is 25.6. The van der Waals surface area contributed by atoms with Crippen molar-refractivity contribution < 1.29 is 18.0 Å². The second kappa shape index (κ2) is 8.26. The number of hydrogen-bond donors (Lipinski definition) is 2. The highest BCUT2D eigenvalue weighted by atomic mass is 32.2. The molecule has 0 saturated carbocycles. The number of likely N-dealkylation sites (tertiary alicyclic amines) is 1. The fourth-order valence-electron chi connectivity index (χ4n) is 3.70. The van der Waals surface area contributed by atoms with E-state index in [1.165, 1.54) is 4.31 Å². The quantitative estimate of drug-likeness (QED) is 0.765. The lowest BCUT2D eigenvalue weighted by Crippen LogP contribution is -2.44. The summed E-state index contributed by atoms with van der Waals surface area (Å²) in [6, 6.07) is 6.94. The molecule has 0 unspecified atom stereocenters. The lowest BCUT2D eigenvalue weighted by Gasteiger charge is -2.31. The van der Waals surface area contributed by atoms with Gasteiger partial charge in [0.05, 0.1) is 23.9 Å². The number of nitrogens with zero attached hydrogens (tertiary/aromatic N) is 2. The van der Waals surface area contributed by atoms with Gasteiger partial charge >= 0.3 is 0 Å². The number of nitrogens with one attached hydrogen (secondary N) is 1. The van der Waals surface area contributed by atoms with Gasteiger partial charge in [-0.05, 0) is 50.4 Å². The minimum absolute atomic E-state index is 0.122. The maximum atomic E-state index is 12.6. The summed E-state index contributed by atoms with van der Waals surface area (Å²) < 4.78 is 26.0. The maximum Gasteiger partial charge on any atom is 0.235 e. The van der Waals surface area contributed by atoms with Crippen molar-refractivity contribution in [3.05, 3.63) is 24.3 Å². The fourth-order valence-corrected chi connectivity index (χ4v) is 5.33. The van der Waals surface area contributed by atoms with Crippen LogP contribution >= 0.6 is 0 Å². The number of carbonyl (C=O) groups excluding carboxylic acids is 2. The van der Waals surface area contributed by atoms with Gasteiger partial charge in [0.1, 0.15) is 0 Å². The van der Waals surface area contributed by atoms with Crippen LogP contribution in [-0.2, 0) is 19.6 Å². The Bertz CT molecular complexity index is 811. The number of anilines is 2. The van der Waals surface area contributed by atoms with Crippen LogP contribution in [0.4, 0.5) is 11.4 Å². The van der Waals surface area contributed by atoms with E-state index in [9.17, 15) is 18.0 Å². The molecule has 2 amide bonds. The SMILES string of the molecule is NC(=O)CN1CCC[C@@H](C(=O)Nc2cccc(N3CCCCS3(=O)=O)c2)C1. The highest BCUT2D eigenvalue weighted by Gasteiger charge is 2.28. The number of carbonyl (C=O) groups is 2. The Morgan fingerprint density at radius 2 is 2.00 bits per heavy atom. The van der Waals surface area contributed by atoms with Crippen molar-refractivity contribution in [1.29, 1.82) is 0 Å². The zero-order chi connectivity index (χ0) is 19.4. The first kappa shape index (κ1) is 19.6. The summed E-state index contributed by atoms with van der Waals surface area (Å²) in [6.45, 7) is 1.88. The van der Waals surface area contributed by atoms with Gasteiger partial charge in [-0.15, -0.1) is 0 Å². The van der Waals surface area contributed by atoms with Gasteiger partial charge in [0.25, 0.3) is 0 Å². The number of primary amides is 1. The Labute approximate surface area is 159 Å². The fraction of sp³-hybridized carbons (Fsp3) is 0.556. The molecular formula is C18H26N4O4S. The first-order valence-corrected chi connectivity index (χ1v) is 10.9. The summed E-state index contributed by atoms with van der Waals surface area (Å²) in [5.41, 5.74) is 6.39. The molecule has 0 radical (unpaired) electrons. The van der Waals surface area contributed by atoms with Crippen molar-refractivity contribution in [2.24, 2.45) is 11.7 Å². The lowest BCUT2D eigenvalue weighted by molar-refractivity contribution is -0.124. The number of benzene rings is 1. The maximum absolute atomic E-state index is 12.6. The van der Waals surface area contributed by atoms with Crippen LogP contribution in [0.25, 0.3) is 0 Å². The van der Waals surface area contributed by atoms with E-state index in [1.54, 1.807) is 24.3 Å². The van der Waals surface area contributed by atoms with Crippen molar-refractivity contribution in [3.8, 4) is 0 Å². The van der Waals surface area contributed by atoms with E-state index >= 15 is 0 Å². The van der Waals surface area contributed by atoms with Crippen LogP contribution in [0.1, 0.15) is 25.7 Å². The van der Waals surface area contributed by atoms with Crippen molar-refractivity contribution in [2.75, 3.05) is 41.6 Å². The minimum atomic E-state index is -3.29. The molecule has 9 heteroatoms. The molecule has 2 saturated heterocycles. The highest BCUT2D eigenvalue weighted by Crippen LogP contribution is 2.26. The van der Waals surface area contributed by atoms with Gasteiger partial charge in [-0.25, -0.2) is 8.42 Å². The molecule has 27 heavy (non-hydrogen) atoms. The van der Waals surface area contributed by atoms with E-state index in [0.717, 1.165) is 25.8 Å². The molecule has 2 aliphatic rings. The highest BCUT2D eigenvalue weighted by molar-refractivity contribution is 7.92. The molecule has 2 heterocycles. The average molecular weight is 394 g/mol. The molecule has 2 aliphatic heterocycles. The standard InChI is InChI=1S/C18H26N4O4S/c19-17(23)13-21-8-4-5-14(12-21)18(24)20-15-6-3-7-16(11-15)22-9-1-2-10-27(22,25)26/h3,6-7,11,14H,1-2,4-5,8-10,12-13H2,(H2,19,23)(H,20,24)/t14-/m1/s1. The molecule has 0 bridgehead atoms. The van der Waals surface area contributed by atoms with E-state index < -0.39 is 15.9 Å². The van der Waals surface area contributed by atoms with Crippen LogP contribution in [0.2, 0.25) is 0 Å². The van der Waals surface area contributed by atoms with Crippen molar-refractivity contribution in [1.82, 2.24) is 4.90 Å². The number of hydrogen-bond acceptors (Lipinski definition) is 5. The molecule has 2 fully saturated rings.